The van der Waals surface area contributed by atoms with E-state index in [1.807, 2.05) is 0 Å². The van der Waals surface area contributed by atoms with Gasteiger partial charge >= 0.3 is 6.18 Å². The second kappa shape index (κ2) is 4.48. The quantitative estimate of drug-likeness (QED) is 0.882. The van der Waals surface area contributed by atoms with Crippen molar-refractivity contribution in [3.8, 4) is 0 Å². The molecule has 0 aromatic carbocycles. The van der Waals surface area contributed by atoms with E-state index in [0.717, 1.165) is 12.8 Å². The predicted molar refractivity (Wildman–Crippen MR) is 52.5 cm³/mol. The molecule has 1 aliphatic carbocycles. The average molecular weight is 248 g/mol. The van der Waals surface area contributed by atoms with Gasteiger partial charge in [-0.15, -0.1) is 0 Å². The van der Waals surface area contributed by atoms with Crippen molar-refractivity contribution in [3.63, 3.8) is 0 Å². The first-order valence-corrected chi connectivity index (χ1v) is 5.19. The molecule has 94 valence electrons. The van der Waals surface area contributed by atoms with E-state index in [4.69, 9.17) is 0 Å². The lowest BCUT2D eigenvalue weighted by Crippen LogP contribution is -2.19. The number of alkyl halides is 3. The van der Waals surface area contributed by atoms with Crippen LogP contribution in [0.3, 0.4) is 0 Å². The Morgan fingerprint density at radius 2 is 2.18 bits per heavy atom. The Labute approximate surface area is 94.8 Å². The molecular formula is C10H11F3N2O2. The largest absolute Gasteiger partial charge is 0.411 e. The molecule has 0 unspecified atom stereocenters. The second-order valence-corrected chi connectivity index (χ2v) is 4.00. The van der Waals surface area contributed by atoms with Gasteiger partial charge in [0.25, 0.3) is 5.56 Å². The van der Waals surface area contributed by atoms with Crippen LogP contribution < -0.4 is 5.56 Å². The minimum Gasteiger partial charge on any atom is -0.364 e. The summed E-state index contributed by atoms with van der Waals surface area (Å²) >= 11 is 0. The summed E-state index contributed by atoms with van der Waals surface area (Å²) in [7, 11) is 0. The lowest BCUT2D eigenvalue weighted by atomic mass is 10.3. The fraction of sp³-hybridized carbons (Fsp3) is 0.600. The van der Waals surface area contributed by atoms with Crippen molar-refractivity contribution in [2.45, 2.75) is 31.5 Å². The zero-order chi connectivity index (χ0) is 12.5. The molecular weight excluding hydrogens is 237 g/mol. The van der Waals surface area contributed by atoms with Gasteiger partial charge in [0.15, 0.2) is 0 Å². The van der Waals surface area contributed by atoms with Gasteiger partial charge in [0.2, 0.25) is 0 Å². The number of halogens is 3. The van der Waals surface area contributed by atoms with Crippen LogP contribution in [0, 0.1) is 0 Å². The standard InChI is InChI=1S/C10H11F3N2O2/c11-10(12,13)5-17-4-8-14-7(6-1-2-6)3-9(16)15-8/h3,6H,1-2,4-5H2,(H,14,15,16). The van der Waals surface area contributed by atoms with E-state index in [2.05, 4.69) is 14.7 Å². The first kappa shape index (κ1) is 12.1. The first-order valence-electron chi connectivity index (χ1n) is 5.19. The third-order valence-electron chi connectivity index (χ3n) is 2.31. The summed E-state index contributed by atoms with van der Waals surface area (Å²) in [5.41, 5.74) is 0.284. The molecule has 0 atom stereocenters. The highest BCUT2D eigenvalue weighted by atomic mass is 19.4. The van der Waals surface area contributed by atoms with Gasteiger partial charge in [-0.1, -0.05) is 0 Å². The van der Waals surface area contributed by atoms with Gasteiger partial charge in [0, 0.05) is 12.0 Å². The van der Waals surface area contributed by atoms with Gasteiger partial charge < -0.3 is 9.72 Å². The van der Waals surface area contributed by atoms with Crippen molar-refractivity contribution in [3.05, 3.63) is 27.9 Å². The van der Waals surface area contributed by atoms with Gasteiger partial charge in [-0.25, -0.2) is 4.98 Å². The summed E-state index contributed by atoms with van der Waals surface area (Å²) in [6.45, 7) is -1.68. The minimum atomic E-state index is -4.37. The van der Waals surface area contributed by atoms with Crippen LogP contribution in [-0.4, -0.2) is 22.8 Å². The van der Waals surface area contributed by atoms with Gasteiger partial charge in [-0.3, -0.25) is 4.79 Å². The van der Waals surface area contributed by atoms with E-state index < -0.39 is 12.8 Å². The molecule has 0 radical (unpaired) electrons. The topological polar surface area (TPSA) is 55.0 Å². The lowest BCUT2D eigenvalue weighted by Gasteiger charge is -2.07. The van der Waals surface area contributed by atoms with Crippen LogP contribution in [0.25, 0.3) is 0 Å². The molecule has 4 nitrogen and oxygen atoms in total. The molecule has 1 fully saturated rings. The lowest BCUT2D eigenvalue weighted by molar-refractivity contribution is -0.177. The van der Waals surface area contributed by atoms with E-state index in [0.29, 0.717) is 5.69 Å². The maximum absolute atomic E-state index is 11.8. The Bertz CT molecular complexity index is 452. The van der Waals surface area contributed by atoms with Crippen LogP contribution in [0.2, 0.25) is 0 Å². The van der Waals surface area contributed by atoms with Crippen molar-refractivity contribution in [1.29, 1.82) is 0 Å². The number of ether oxygens (including phenoxy) is 1. The van der Waals surface area contributed by atoms with Gasteiger partial charge in [-0.05, 0) is 12.8 Å². The van der Waals surface area contributed by atoms with E-state index in [-0.39, 0.29) is 23.9 Å². The van der Waals surface area contributed by atoms with Gasteiger partial charge in [-0.2, -0.15) is 13.2 Å². The van der Waals surface area contributed by atoms with Crippen molar-refractivity contribution in [2.75, 3.05) is 6.61 Å². The van der Waals surface area contributed by atoms with E-state index in [9.17, 15) is 18.0 Å². The highest BCUT2D eigenvalue weighted by Crippen LogP contribution is 2.38. The smallest absolute Gasteiger partial charge is 0.364 e. The highest BCUT2D eigenvalue weighted by Gasteiger charge is 2.28. The predicted octanol–water partition coefficient (Wildman–Crippen LogP) is 1.73. The maximum atomic E-state index is 11.8. The number of aromatic nitrogens is 2. The monoisotopic (exact) mass is 248 g/mol. The minimum absolute atomic E-state index is 0.142. The van der Waals surface area contributed by atoms with Crippen LogP contribution in [0.4, 0.5) is 13.2 Å². The third kappa shape index (κ3) is 3.85. The zero-order valence-electron chi connectivity index (χ0n) is 8.88. The fourth-order valence-electron chi connectivity index (χ4n) is 1.45. The Morgan fingerprint density at radius 1 is 1.47 bits per heavy atom. The van der Waals surface area contributed by atoms with E-state index in [1.54, 1.807) is 0 Å². The molecule has 1 aliphatic rings. The molecule has 1 N–H and O–H groups in total. The van der Waals surface area contributed by atoms with Crippen LogP contribution in [-0.2, 0) is 11.3 Å². The number of nitrogens with zero attached hydrogens (tertiary/aromatic N) is 1. The number of hydrogen-bond donors (Lipinski definition) is 1. The number of nitrogens with one attached hydrogen (secondary N) is 1. The van der Waals surface area contributed by atoms with Gasteiger partial charge in [0.05, 0.1) is 5.69 Å². The Morgan fingerprint density at radius 3 is 2.76 bits per heavy atom. The Kier molecular flexibility index (Phi) is 3.19. The Hall–Kier alpha value is -1.37. The molecule has 1 saturated carbocycles. The second-order valence-electron chi connectivity index (χ2n) is 4.00. The molecule has 0 saturated heterocycles. The van der Waals surface area contributed by atoms with Gasteiger partial charge in [0.1, 0.15) is 19.0 Å². The average Bonchev–Trinajstić information content (AvgIpc) is 2.97. The van der Waals surface area contributed by atoms with E-state index >= 15 is 0 Å². The summed E-state index contributed by atoms with van der Waals surface area (Å²) in [6, 6.07) is 1.38. The number of aromatic amines is 1. The molecule has 2 rings (SSSR count). The molecule has 1 heterocycles. The fourth-order valence-corrected chi connectivity index (χ4v) is 1.45. The molecule has 0 spiro atoms. The van der Waals surface area contributed by atoms with Crippen molar-refractivity contribution < 1.29 is 17.9 Å². The third-order valence-corrected chi connectivity index (χ3v) is 2.31. The summed E-state index contributed by atoms with van der Waals surface area (Å²) in [4.78, 5) is 17.7. The molecule has 7 heteroatoms. The molecule has 0 aliphatic heterocycles. The molecule has 0 amide bonds. The van der Waals surface area contributed by atoms with Crippen LogP contribution in [0.15, 0.2) is 10.9 Å². The number of H-pyrrole nitrogens is 1. The molecule has 17 heavy (non-hydrogen) atoms. The summed E-state index contributed by atoms with van der Waals surface area (Å²) in [5.74, 6) is 0.419. The zero-order valence-corrected chi connectivity index (χ0v) is 8.88. The number of rotatable bonds is 4. The van der Waals surface area contributed by atoms with Crippen molar-refractivity contribution in [2.24, 2.45) is 0 Å². The maximum Gasteiger partial charge on any atom is 0.411 e. The van der Waals surface area contributed by atoms with Crippen LogP contribution in [0.1, 0.15) is 30.3 Å². The summed E-state index contributed by atoms with van der Waals surface area (Å²) < 4.78 is 40.0. The van der Waals surface area contributed by atoms with Crippen molar-refractivity contribution >= 4 is 0 Å². The summed E-state index contributed by atoms with van der Waals surface area (Å²) in [6.07, 6.45) is -2.42. The van der Waals surface area contributed by atoms with E-state index in [1.165, 1.54) is 6.07 Å². The molecule has 0 bridgehead atoms. The Balaban J connectivity index is 1.98. The normalized spacial score (nSPS) is 16.2. The van der Waals surface area contributed by atoms with Crippen LogP contribution in [0.5, 0.6) is 0 Å². The SMILES string of the molecule is O=c1cc(C2CC2)nc(COCC(F)(F)F)[nH]1. The molecule has 1 aromatic heterocycles. The van der Waals surface area contributed by atoms with Crippen molar-refractivity contribution in [1.82, 2.24) is 9.97 Å². The number of hydrogen-bond acceptors (Lipinski definition) is 3. The highest BCUT2D eigenvalue weighted by molar-refractivity contribution is 5.13. The summed E-state index contributed by atoms with van der Waals surface area (Å²) in [5, 5.41) is 0. The van der Waals surface area contributed by atoms with Crippen LogP contribution >= 0.6 is 0 Å². The molecule has 1 aromatic rings. The first-order chi connectivity index (χ1) is 7.94.